The molecule has 78 valence electrons. The molecule has 0 aromatic carbocycles. The van der Waals surface area contributed by atoms with Gasteiger partial charge in [0.15, 0.2) is 0 Å². The second-order valence-corrected chi connectivity index (χ2v) is 4.88. The van der Waals surface area contributed by atoms with Crippen molar-refractivity contribution in [2.75, 3.05) is 0 Å². The number of esters is 1. The molecule has 0 bridgehead atoms. The zero-order chi connectivity index (χ0) is 9.97. The first kappa shape index (κ1) is 10.2. The Hall–Kier alpha value is -0.310. The van der Waals surface area contributed by atoms with E-state index >= 15 is 0 Å². The van der Waals surface area contributed by atoms with Gasteiger partial charge < -0.3 is 4.74 Å². The summed E-state index contributed by atoms with van der Waals surface area (Å²) in [5.41, 5.74) is 1.47. The Morgan fingerprint density at radius 2 is 1.93 bits per heavy atom. The van der Waals surface area contributed by atoms with Gasteiger partial charge in [-0.3, -0.25) is 4.79 Å². The van der Waals surface area contributed by atoms with Gasteiger partial charge in [0.2, 0.25) is 0 Å². The highest BCUT2D eigenvalue weighted by Crippen LogP contribution is 2.34. The van der Waals surface area contributed by atoms with E-state index < -0.39 is 0 Å². The monoisotopic (exact) mass is 258 g/mol. The molecule has 1 aliphatic heterocycles. The molecule has 0 unspecified atom stereocenters. The number of hydrogen-bond donors (Lipinski definition) is 0. The number of hydrogen-bond acceptors (Lipinski definition) is 2. The van der Waals surface area contributed by atoms with Gasteiger partial charge in [0.25, 0.3) is 0 Å². The van der Waals surface area contributed by atoms with Gasteiger partial charge in [0.05, 0.1) is 0 Å². The maximum Gasteiger partial charge on any atom is 0.306 e. The van der Waals surface area contributed by atoms with Crippen LogP contribution in [0.2, 0.25) is 0 Å². The topological polar surface area (TPSA) is 26.3 Å². The Balaban J connectivity index is 2.04. The molecule has 2 nitrogen and oxygen atoms in total. The van der Waals surface area contributed by atoms with Crippen molar-refractivity contribution in [3.63, 3.8) is 0 Å². The standard InChI is InChI=1S/C11H15BrO2/c12-11(8-4-2-1-3-5-8)9-6-7-10(13)14-9/h9H,1-7H2/t9-/m1/s1. The molecule has 1 aliphatic carbocycles. The summed E-state index contributed by atoms with van der Waals surface area (Å²) in [5.74, 6) is -0.0524. The van der Waals surface area contributed by atoms with Crippen molar-refractivity contribution in [1.82, 2.24) is 0 Å². The van der Waals surface area contributed by atoms with E-state index in [1.165, 1.54) is 37.7 Å². The number of rotatable bonds is 1. The first-order valence-corrected chi connectivity index (χ1v) is 6.13. The van der Waals surface area contributed by atoms with Crippen LogP contribution in [-0.2, 0) is 9.53 Å². The van der Waals surface area contributed by atoms with Crippen LogP contribution in [-0.4, -0.2) is 12.1 Å². The maximum absolute atomic E-state index is 11.0. The van der Waals surface area contributed by atoms with Crippen LogP contribution >= 0.6 is 15.9 Å². The lowest BCUT2D eigenvalue weighted by Crippen LogP contribution is -2.10. The van der Waals surface area contributed by atoms with E-state index in [9.17, 15) is 4.79 Å². The summed E-state index contributed by atoms with van der Waals surface area (Å²) in [4.78, 5) is 11.0. The fraction of sp³-hybridized carbons (Fsp3) is 0.727. The lowest BCUT2D eigenvalue weighted by Gasteiger charge is -2.18. The van der Waals surface area contributed by atoms with Gasteiger partial charge >= 0.3 is 5.97 Å². The van der Waals surface area contributed by atoms with E-state index in [1.807, 2.05) is 0 Å². The summed E-state index contributed by atoms with van der Waals surface area (Å²) >= 11 is 3.60. The Morgan fingerprint density at radius 1 is 1.21 bits per heavy atom. The first-order chi connectivity index (χ1) is 6.77. The molecular formula is C11H15BrO2. The summed E-state index contributed by atoms with van der Waals surface area (Å²) in [5, 5.41) is 0. The van der Waals surface area contributed by atoms with Crippen LogP contribution in [0, 0.1) is 0 Å². The Kier molecular flexibility index (Phi) is 3.26. The summed E-state index contributed by atoms with van der Waals surface area (Å²) in [6.45, 7) is 0. The van der Waals surface area contributed by atoms with Crippen molar-refractivity contribution in [2.24, 2.45) is 0 Å². The minimum atomic E-state index is -0.0524. The third-order valence-electron chi connectivity index (χ3n) is 2.96. The van der Waals surface area contributed by atoms with Crippen molar-refractivity contribution >= 4 is 21.9 Å². The quantitative estimate of drug-likeness (QED) is 0.675. The normalized spacial score (nSPS) is 27.6. The summed E-state index contributed by atoms with van der Waals surface area (Å²) in [6, 6.07) is 0. The Morgan fingerprint density at radius 3 is 2.50 bits per heavy atom. The van der Waals surface area contributed by atoms with Crippen molar-refractivity contribution in [3.05, 3.63) is 10.1 Å². The number of allylic oxidation sites excluding steroid dienone is 1. The van der Waals surface area contributed by atoms with Gasteiger partial charge in [0.1, 0.15) is 6.10 Å². The van der Waals surface area contributed by atoms with Crippen LogP contribution in [0.1, 0.15) is 44.9 Å². The maximum atomic E-state index is 11.0. The van der Waals surface area contributed by atoms with Crippen LogP contribution in [0.15, 0.2) is 10.1 Å². The van der Waals surface area contributed by atoms with E-state index in [2.05, 4.69) is 15.9 Å². The smallest absolute Gasteiger partial charge is 0.306 e. The van der Waals surface area contributed by atoms with Crippen LogP contribution in [0.4, 0.5) is 0 Å². The van der Waals surface area contributed by atoms with Gasteiger partial charge in [-0.25, -0.2) is 0 Å². The van der Waals surface area contributed by atoms with E-state index in [0.717, 1.165) is 10.9 Å². The van der Waals surface area contributed by atoms with E-state index in [4.69, 9.17) is 4.74 Å². The zero-order valence-electron chi connectivity index (χ0n) is 8.22. The van der Waals surface area contributed by atoms with E-state index in [-0.39, 0.29) is 12.1 Å². The fourth-order valence-electron chi connectivity index (χ4n) is 2.15. The predicted molar refractivity (Wildman–Crippen MR) is 58.2 cm³/mol. The number of halogens is 1. The zero-order valence-corrected chi connectivity index (χ0v) is 9.81. The molecule has 0 amide bonds. The summed E-state index contributed by atoms with van der Waals surface area (Å²) in [7, 11) is 0. The van der Waals surface area contributed by atoms with Crippen LogP contribution < -0.4 is 0 Å². The van der Waals surface area contributed by atoms with E-state index in [1.54, 1.807) is 0 Å². The van der Waals surface area contributed by atoms with E-state index in [0.29, 0.717) is 6.42 Å². The number of carbonyl (C=O) groups excluding carboxylic acids is 1. The molecule has 1 saturated heterocycles. The highest BCUT2D eigenvalue weighted by atomic mass is 79.9. The third kappa shape index (κ3) is 2.19. The average Bonchev–Trinajstić information content (AvgIpc) is 2.65. The number of ether oxygens (including phenoxy) is 1. The Labute approximate surface area is 92.8 Å². The molecule has 0 radical (unpaired) electrons. The highest BCUT2D eigenvalue weighted by molar-refractivity contribution is 9.11. The molecule has 1 saturated carbocycles. The van der Waals surface area contributed by atoms with Crippen LogP contribution in [0.3, 0.4) is 0 Å². The minimum absolute atomic E-state index is 0.0237. The molecule has 0 N–H and O–H groups in total. The molecule has 2 aliphatic rings. The average molecular weight is 259 g/mol. The predicted octanol–water partition coefficient (Wildman–Crippen LogP) is 3.31. The molecule has 3 heteroatoms. The molecule has 1 heterocycles. The molecule has 2 fully saturated rings. The van der Waals surface area contributed by atoms with Gasteiger partial charge in [-0.2, -0.15) is 0 Å². The SMILES string of the molecule is O=C1CC[C@H](C(Br)=C2CCCCC2)O1. The van der Waals surface area contributed by atoms with Crippen molar-refractivity contribution in [3.8, 4) is 0 Å². The highest BCUT2D eigenvalue weighted by Gasteiger charge is 2.27. The Bertz CT molecular complexity index is 262. The number of cyclic esters (lactones) is 1. The fourth-order valence-corrected chi connectivity index (χ4v) is 2.87. The second-order valence-electron chi connectivity index (χ2n) is 4.03. The number of carbonyl (C=O) groups is 1. The molecule has 0 aromatic heterocycles. The molecule has 2 rings (SSSR count). The van der Waals surface area contributed by atoms with Crippen LogP contribution in [0.25, 0.3) is 0 Å². The molecule has 0 aromatic rings. The molecule has 0 spiro atoms. The van der Waals surface area contributed by atoms with Gasteiger partial charge in [-0.1, -0.05) is 27.9 Å². The van der Waals surface area contributed by atoms with Gasteiger partial charge in [0, 0.05) is 10.9 Å². The van der Waals surface area contributed by atoms with Crippen molar-refractivity contribution in [1.29, 1.82) is 0 Å². The first-order valence-electron chi connectivity index (χ1n) is 5.34. The molecule has 14 heavy (non-hydrogen) atoms. The molecular weight excluding hydrogens is 244 g/mol. The van der Waals surface area contributed by atoms with Crippen LogP contribution in [0.5, 0.6) is 0 Å². The summed E-state index contributed by atoms with van der Waals surface area (Å²) in [6.07, 6.45) is 7.71. The van der Waals surface area contributed by atoms with Gasteiger partial charge in [-0.05, 0) is 32.1 Å². The lowest BCUT2D eigenvalue weighted by molar-refractivity contribution is -0.140. The van der Waals surface area contributed by atoms with Crippen molar-refractivity contribution in [2.45, 2.75) is 51.0 Å². The third-order valence-corrected chi connectivity index (χ3v) is 4.03. The van der Waals surface area contributed by atoms with Gasteiger partial charge in [-0.15, -0.1) is 0 Å². The molecule has 1 atom stereocenters. The van der Waals surface area contributed by atoms with Crippen molar-refractivity contribution < 1.29 is 9.53 Å². The largest absolute Gasteiger partial charge is 0.457 e. The minimum Gasteiger partial charge on any atom is -0.457 e. The summed E-state index contributed by atoms with van der Waals surface area (Å²) < 4.78 is 6.39. The lowest BCUT2D eigenvalue weighted by atomic mass is 9.93. The second kappa shape index (κ2) is 4.47.